The maximum Gasteiger partial charge on any atom is 0.188 e. The summed E-state index contributed by atoms with van der Waals surface area (Å²) < 4.78 is 0. The summed E-state index contributed by atoms with van der Waals surface area (Å²) in [6.07, 6.45) is 9.26. The molecule has 3 atom stereocenters. The molecule has 20 heavy (non-hydrogen) atoms. The van der Waals surface area contributed by atoms with Gasteiger partial charge in [-0.1, -0.05) is 46.0 Å². The Balaban J connectivity index is 2.14. The fourth-order valence-corrected chi connectivity index (χ4v) is 3.59. The second-order valence-electron chi connectivity index (χ2n) is 6.29. The molecule has 3 heteroatoms. The summed E-state index contributed by atoms with van der Waals surface area (Å²) in [5.74, 6) is 0.0292. The Morgan fingerprint density at radius 3 is 2.10 bits per heavy atom. The van der Waals surface area contributed by atoms with E-state index in [-0.39, 0.29) is 29.4 Å². The number of fused-ring (bicyclic) bond motifs is 1. The molecular formula is C17H27NO2. The van der Waals surface area contributed by atoms with E-state index >= 15 is 0 Å². The van der Waals surface area contributed by atoms with Crippen LogP contribution in [0.1, 0.15) is 71.6 Å². The van der Waals surface area contributed by atoms with Crippen molar-refractivity contribution in [3.05, 3.63) is 0 Å². The minimum absolute atomic E-state index is 0.0385. The maximum atomic E-state index is 12.4. The number of Topliss-reactive ketones (excluding diaryl/α,β-unsaturated/α-hetero) is 2. The molecule has 0 saturated heterocycles. The summed E-state index contributed by atoms with van der Waals surface area (Å²) in [4.78, 5) is 29.4. The van der Waals surface area contributed by atoms with Gasteiger partial charge in [-0.3, -0.25) is 14.6 Å². The number of aliphatic imine (C=N–C) groups is 1. The third-order valence-electron chi connectivity index (χ3n) is 4.73. The van der Waals surface area contributed by atoms with Gasteiger partial charge in [-0.25, -0.2) is 0 Å². The minimum Gasteiger partial charge on any atom is -0.292 e. The van der Waals surface area contributed by atoms with Crippen LogP contribution in [0.2, 0.25) is 0 Å². The van der Waals surface area contributed by atoms with Crippen molar-refractivity contribution in [1.82, 2.24) is 0 Å². The molecule has 2 fully saturated rings. The number of hydrogen-bond acceptors (Lipinski definition) is 3. The average molecular weight is 277 g/mol. The molecule has 0 N–H and O–H groups in total. The van der Waals surface area contributed by atoms with Crippen molar-refractivity contribution < 1.29 is 9.59 Å². The molecule has 0 aromatic rings. The zero-order chi connectivity index (χ0) is 14.5. The van der Waals surface area contributed by atoms with Crippen LogP contribution < -0.4 is 0 Å². The molecule has 2 rings (SSSR count). The first-order chi connectivity index (χ1) is 9.69. The molecule has 0 bridgehead atoms. The quantitative estimate of drug-likeness (QED) is 0.742. The van der Waals surface area contributed by atoms with Gasteiger partial charge in [0.25, 0.3) is 0 Å². The van der Waals surface area contributed by atoms with Gasteiger partial charge in [-0.05, 0) is 25.7 Å². The van der Waals surface area contributed by atoms with Crippen LogP contribution in [0.3, 0.4) is 0 Å². The minimum atomic E-state index is -0.0385. The Bertz CT molecular complexity index is 374. The lowest BCUT2D eigenvalue weighted by Gasteiger charge is -2.20. The van der Waals surface area contributed by atoms with Crippen LogP contribution in [-0.2, 0) is 9.59 Å². The molecule has 2 aliphatic rings. The maximum absolute atomic E-state index is 12.4. The van der Waals surface area contributed by atoms with Crippen molar-refractivity contribution in [1.29, 1.82) is 0 Å². The molecule has 2 saturated carbocycles. The highest BCUT2D eigenvalue weighted by atomic mass is 16.2. The van der Waals surface area contributed by atoms with Crippen LogP contribution in [0.5, 0.6) is 0 Å². The van der Waals surface area contributed by atoms with E-state index in [4.69, 9.17) is 0 Å². The largest absolute Gasteiger partial charge is 0.292 e. The summed E-state index contributed by atoms with van der Waals surface area (Å²) in [6, 6.07) is 0.169. The number of unbranched alkanes of at least 4 members (excludes halogenated alkanes) is 1. The average Bonchev–Trinajstić information content (AvgIpc) is 2.70. The Labute approximate surface area is 122 Å². The molecule has 0 spiro atoms. The zero-order valence-corrected chi connectivity index (χ0v) is 12.9. The highest BCUT2D eigenvalue weighted by molar-refractivity contribution is 6.70. The van der Waals surface area contributed by atoms with Gasteiger partial charge in [0.2, 0.25) is 0 Å². The fraction of sp³-hybridized carbons (Fsp3) is 0.824. The number of nitrogens with zero attached hydrogens (tertiary/aromatic N) is 1. The van der Waals surface area contributed by atoms with Gasteiger partial charge < -0.3 is 0 Å². The third kappa shape index (κ3) is 3.18. The zero-order valence-electron chi connectivity index (χ0n) is 12.9. The van der Waals surface area contributed by atoms with Crippen LogP contribution in [0.25, 0.3) is 0 Å². The van der Waals surface area contributed by atoms with E-state index in [2.05, 4.69) is 18.8 Å². The highest BCUT2D eigenvalue weighted by Crippen LogP contribution is 2.37. The van der Waals surface area contributed by atoms with Crippen molar-refractivity contribution in [3.8, 4) is 0 Å². The molecule has 0 aliphatic heterocycles. The monoisotopic (exact) mass is 277 g/mol. The molecule has 112 valence electrons. The Morgan fingerprint density at radius 2 is 1.60 bits per heavy atom. The Kier molecular flexibility index (Phi) is 5.50. The normalized spacial score (nSPS) is 27.6. The number of carbonyl (C=O) groups is 2. The summed E-state index contributed by atoms with van der Waals surface area (Å²) >= 11 is 0. The standard InChI is InChI=1S/C17H27NO2/c1-3-5-9-12(8-4-2)18-15-16(19)13-10-6-7-11-14(13)17(15)20/h12-14H,3-11H2,1-2H3/t12-,13?,14?/m0/s1. The summed E-state index contributed by atoms with van der Waals surface area (Å²) in [5.41, 5.74) is 0.316. The van der Waals surface area contributed by atoms with Gasteiger partial charge in [-0.15, -0.1) is 0 Å². The van der Waals surface area contributed by atoms with E-state index in [0.717, 1.165) is 57.8 Å². The SMILES string of the molecule is CCCC[C@H](CCC)N=C1C(=O)C2CCCCC2C1=O. The second kappa shape index (κ2) is 7.14. The first-order valence-corrected chi connectivity index (χ1v) is 8.35. The van der Waals surface area contributed by atoms with Crippen molar-refractivity contribution in [2.24, 2.45) is 16.8 Å². The molecule has 0 aromatic heterocycles. The van der Waals surface area contributed by atoms with E-state index in [1.807, 2.05) is 0 Å². The fourth-order valence-electron chi connectivity index (χ4n) is 3.59. The van der Waals surface area contributed by atoms with Gasteiger partial charge in [0.05, 0.1) is 6.04 Å². The van der Waals surface area contributed by atoms with Gasteiger partial charge in [0.1, 0.15) is 5.71 Å². The van der Waals surface area contributed by atoms with Crippen LogP contribution in [0.4, 0.5) is 0 Å². The van der Waals surface area contributed by atoms with Crippen molar-refractivity contribution in [2.75, 3.05) is 0 Å². The predicted molar refractivity (Wildman–Crippen MR) is 81.1 cm³/mol. The molecule has 0 amide bonds. The Hall–Kier alpha value is -0.990. The number of hydrogen-bond donors (Lipinski definition) is 0. The van der Waals surface area contributed by atoms with Gasteiger partial charge in [0, 0.05) is 11.8 Å². The number of carbonyl (C=O) groups excluding carboxylic acids is 2. The topological polar surface area (TPSA) is 46.5 Å². The van der Waals surface area contributed by atoms with Crippen molar-refractivity contribution in [2.45, 2.75) is 77.7 Å². The third-order valence-corrected chi connectivity index (χ3v) is 4.73. The summed E-state index contributed by atoms with van der Waals surface area (Å²) in [7, 11) is 0. The van der Waals surface area contributed by atoms with E-state index in [1.165, 1.54) is 0 Å². The van der Waals surface area contributed by atoms with Crippen molar-refractivity contribution in [3.63, 3.8) is 0 Å². The van der Waals surface area contributed by atoms with Gasteiger partial charge in [0.15, 0.2) is 11.6 Å². The van der Waals surface area contributed by atoms with E-state index in [9.17, 15) is 9.59 Å². The molecule has 2 aliphatic carbocycles. The first-order valence-electron chi connectivity index (χ1n) is 8.35. The summed E-state index contributed by atoms with van der Waals surface area (Å²) in [6.45, 7) is 4.30. The molecule has 0 radical (unpaired) electrons. The first kappa shape index (κ1) is 15.4. The van der Waals surface area contributed by atoms with E-state index in [1.54, 1.807) is 0 Å². The van der Waals surface area contributed by atoms with Crippen LogP contribution >= 0.6 is 0 Å². The highest BCUT2D eigenvalue weighted by Gasteiger charge is 2.47. The van der Waals surface area contributed by atoms with E-state index < -0.39 is 0 Å². The van der Waals surface area contributed by atoms with Crippen molar-refractivity contribution >= 4 is 17.3 Å². The lowest BCUT2D eigenvalue weighted by atomic mass is 9.81. The van der Waals surface area contributed by atoms with Crippen LogP contribution in [0.15, 0.2) is 4.99 Å². The molecule has 3 nitrogen and oxygen atoms in total. The molecule has 0 heterocycles. The summed E-state index contributed by atoms with van der Waals surface area (Å²) in [5, 5.41) is 0. The number of rotatable bonds is 6. The number of ketones is 2. The second-order valence-corrected chi connectivity index (χ2v) is 6.29. The molecule has 2 unspecified atom stereocenters. The van der Waals surface area contributed by atoms with Crippen LogP contribution in [0, 0.1) is 11.8 Å². The lowest BCUT2D eigenvalue weighted by Crippen LogP contribution is -2.21. The Morgan fingerprint density at radius 1 is 1.00 bits per heavy atom. The smallest absolute Gasteiger partial charge is 0.188 e. The van der Waals surface area contributed by atoms with Crippen LogP contribution in [-0.4, -0.2) is 23.3 Å². The van der Waals surface area contributed by atoms with Gasteiger partial charge >= 0.3 is 0 Å². The molecular weight excluding hydrogens is 250 g/mol. The predicted octanol–water partition coefficient (Wildman–Crippen LogP) is 3.74. The molecule has 0 aromatic carbocycles. The van der Waals surface area contributed by atoms with Gasteiger partial charge in [-0.2, -0.15) is 0 Å². The van der Waals surface area contributed by atoms with E-state index in [0.29, 0.717) is 5.71 Å². The lowest BCUT2D eigenvalue weighted by molar-refractivity contribution is -0.120.